The Kier molecular flexibility index (Phi) is 3.95. The summed E-state index contributed by atoms with van der Waals surface area (Å²) in [5.41, 5.74) is 0.948. The highest BCUT2D eigenvalue weighted by molar-refractivity contribution is 7.94. The maximum absolute atomic E-state index is 12.1. The van der Waals surface area contributed by atoms with E-state index in [0.29, 0.717) is 16.6 Å². The molecule has 0 atom stereocenters. The zero-order valence-corrected chi connectivity index (χ0v) is 11.4. The lowest BCUT2D eigenvalue weighted by molar-refractivity contribution is 0.603. The molecule has 5 nitrogen and oxygen atoms in total. The van der Waals surface area contributed by atoms with Gasteiger partial charge in [-0.2, -0.15) is 0 Å². The Morgan fingerprint density at radius 3 is 2.89 bits per heavy atom. The third kappa shape index (κ3) is 3.06. The van der Waals surface area contributed by atoms with E-state index in [9.17, 15) is 8.42 Å². The summed E-state index contributed by atoms with van der Waals surface area (Å²) in [4.78, 5) is 3.93. The molecule has 18 heavy (non-hydrogen) atoms. The van der Waals surface area contributed by atoms with Crippen LogP contribution in [-0.2, 0) is 16.6 Å². The monoisotopic (exact) mass is 283 g/mol. The average Bonchev–Trinajstić information content (AvgIpc) is 2.80. The van der Waals surface area contributed by atoms with E-state index in [4.69, 9.17) is 0 Å². The van der Waals surface area contributed by atoms with Gasteiger partial charge < -0.3 is 5.32 Å². The van der Waals surface area contributed by atoms with Crippen molar-refractivity contribution in [3.8, 4) is 0 Å². The summed E-state index contributed by atoms with van der Waals surface area (Å²) in [7, 11) is -1.72. The second-order valence-corrected chi connectivity index (χ2v) is 6.45. The molecule has 2 heterocycles. The molecule has 0 saturated heterocycles. The molecule has 0 spiro atoms. The van der Waals surface area contributed by atoms with Crippen LogP contribution in [0.15, 0.2) is 40.1 Å². The standard InChI is InChI=1S/C11H13N3O2S2/c1-12-7-9-6-11(17-8-9)18(15,16)14-10-4-2-3-5-13-10/h2-6,8,12H,7H2,1H3,(H,13,14). The highest BCUT2D eigenvalue weighted by atomic mass is 32.2. The largest absolute Gasteiger partial charge is 0.316 e. The fourth-order valence-corrected chi connectivity index (χ4v) is 3.62. The molecule has 0 aliphatic heterocycles. The van der Waals surface area contributed by atoms with Gasteiger partial charge in [0.05, 0.1) is 0 Å². The van der Waals surface area contributed by atoms with Gasteiger partial charge in [-0.1, -0.05) is 6.07 Å². The molecule has 0 amide bonds. The van der Waals surface area contributed by atoms with E-state index in [1.165, 1.54) is 11.3 Å². The first-order valence-corrected chi connectivity index (χ1v) is 7.64. The normalized spacial score (nSPS) is 11.4. The molecule has 0 aliphatic carbocycles. The molecule has 0 radical (unpaired) electrons. The number of hydrogen-bond acceptors (Lipinski definition) is 5. The van der Waals surface area contributed by atoms with Crippen molar-refractivity contribution in [3.05, 3.63) is 41.4 Å². The van der Waals surface area contributed by atoms with E-state index in [1.807, 2.05) is 12.4 Å². The highest BCUT2D eigenvalue weighted by Gasteiger charge is 2.17. The zero-order chi connectivity index (χ0) is 13.0. The molecule has 96 valence electrons. The number of anilines is 1. The van der Waals surface area contributed by atoms with E-state index in [1.54, 1.807) is 30.5 Å². The second-order valence-electron chi connectivity index (χ2n) is 3.62. The van der Waals surface area contributed by atoms with Gasteiger partial charge in [0.15, 0.2) is 0 Å². The Morgan fingerprint density at radius 2 is 2.22 bits per heavy atom. The van der Waals surface area contributed by atoms with Gasteiger partial charge in [-0.15, -0.1) is 11.3 Å². The molecule has 2 aromatic rings. The maximum Gasteiger partial charge on any atom is 0.272 e. The number of thiophene rings is 1. The van der Waals surface area contributed by atoms with Crippen LogP contribution in [0, 0.1) is 0 Å². The fourth-order valence-electron chi connectivity index (χ4n) is 1.40. The van der Waals surface area contributed by atoms with Crippen LogP contribution < -0.4 is 10.0 Å². The van der Waals surface area contributed by atoms with Crippen molar-refractivity contribution in [3.63, 3.8) is 0 Å². The SMILES string of the molecule is CNCc1csc(S(=O)(=O)Nc2ccccn2)c1. The summed E-state index contributed by atoms with van der Waals surface area (Å²) in [5, 5.41) is 4.80. The smallest absolute Gasteiger partial charge is 0.272 e. The summed E-state index contributed by atoms with van der Waals surface area (Å²) < 4.78 is 26.8. The molecule has 0 bridgehead atoms. The van der Waals surface area contributed by atoms with Crippen molar-refractivity contribution in [2.75, 3.05) is 11.8 Å². The van der Waals surface area contributed by atoms with Crippen LogP contribution in [0.4, 0.5) is 5.82 Å². The van der Waals surface area contributed by atoms with Crippen LogP contribution in [0.5, 0.6) is 0 Å². The minimum atomic E-state index is -3.53. The third-order valence-corrected chi connectivity index (χ3v) is 5.02. The lowest BCUT2D eigenvalue weighted by Gasteiger charge is -2.04. The van der Waals surface area contributed by atoms with Gasteiger partial charge in [0.2, 0.25) is 0 Å². The third-order valence-electron chi connectivity index (χ3n) is 2.18. The molecule has 2 rings (SSSR count). The van der Waals surface area contributed by atoms with Gasteiger partial charge in [-0.05, 0) is 36.2 Å². The molecule has 2 N–H and O–H groups in total. The lowest BCUT2D eigenvalue weighted by Crippen LogP contribution is -2.12. The van der Waals surface area contributed by atoms with Crippen molar-refractivity contribution >= 4 is 27.2 Å². The van der Waals surface area contributed by atoms with E-state index in [0.717, 1.165) is 5.56 Å². The average molecular weight is 283 g/mol. The molecule has 2 aromatic heterocycles. The van der Waals surface area contributed by atoms with E-state index < -0.39 is 10.0 Å². The number of pyridine rings is 1. The fraction of sp³-hybridized carbons (Fsp3) is 0.182. The summed E-state index contributed by atoms with van der Waals surface area (Å²) in [5.74, 6) is 0.320. The minimum Gasteiger partial charge on any atom is -0.316 e. The van der Waals surface area contributed by atoms with Crippen LogP contribution >= 0.6 is 11.3 Å². The Balaban J connectivity index is 2.20. The quantitative estimate of drug-likeness (QED) is 0.875. The van der Waals surface area contributed by atoms with E-state index in [-0.39, 0.29) is 0 Å². The van der Waals surface area contributed by atoms with Gasteiger partial charge in [0.1, 0.15) is 10.0 Å². The minimum absolute atomic E-state index is 0.290. The summed E-state index contributed by atoms with van der Waals surface area (Å²) in [6, 6.07) is 6.73. The Morgan fingerprint density at radius 1 is 1.39 bits per heavy atom. The van der Waals surface area contributed by atoms with Crippen LogP contribution in [0.1, 0.15) is 5.56 Å². The van der Waals surface area contributed by atoms with E-state index in [2.05, 4.69) is 15.0 Å². The summed E-state index contributed by atoms with van der Waals surface area (Å²) in [6.45, 7) is 0.648. The van der Waals surface area contributed by atoms with E-state index >= 15 is 0 Å². The molecule has 0 aliphatic rings. The molecule has 0 fully saturated rings. The van der Waals surface area contributed by atoms with Gasteiger partial charge >= 0.3 is 0 Å². The van der Waals surface area contributed by atoms with Crippen molar-refractivity contribution in [1.29, 1.82) is 0 Å². The number of rotatable bonds is 5. The Bertz CT molecular complexity index is 608. The van der Waals surface area contributed by atoms with Crippen molar-refractivity contribution in [1.82, 2.24) is 10.3 Å². The predicted molar refractivity (Wildman–Crippen MR) is 72.1 cm³/mol. The number of sulfonamides is 1. The van der Waals surface area contributed by atoms with Gasteiger partial charge in [0, 0.05) is 12.7 Å². The Labute approximate surface area is 110 Å². The zero-order valence-electron chi connectivity index (χ0n) is 9.75. The van der Waals surface area contributed by atoms with Gasteiger partial charge in [-0.25, -0.2) is 13.4 Å². The maximum atomic E-state index is 12.1. The summed E-state index contributed by atoms with van der Waals surface area (Å²) >= 11 is 1.20. The highest BCUT2D eigenvalue weighted by Crippen LogP contribution is 2.22. The molecule has 0 unspecified atom stereocenters. The van der Waals surface area contributed by atoms with Crippen LogP contribution in [0.25, 0.3) is 0 Å². The number of nitrogens with zero attached hydrogens (tertiary/aromatic N) is 1. The topological polar surface area (TPSA) is 71.1 Å². The molecule has 0 aromatic carbocycles. The first-order valence-electron chi connectivity index (χ1n) is 5.28. The van der Waals surface area contributed by atoms with Gasteiger partial charge in [0.25, 0.3) is 10.0 Å². The molecule has 7 heteroatoms. The van der Waals surface area contributed by atoms with Crippen molar-refractivity contribution in [2.45, 2.75) is 10.8 Å². The number of aromatic nitrogens is 1. The molecule has 0 saturated carbocycles. The second kappa shape index (κ2) is 5.47. The van der Waals surface area contributed by atoms with Crippen LogP contribution in [0.3, 0.4) is 0 Å². The molecular formula is C11H13N3O2S2. The predicted octanol–water partition coefficient (Wildman–Crippen LogP) is 1.66. The first kappa shape index (κ1) is 13.0. The lowest BCUT2D eigenvalue weighted by atomic mass is 10.3. The summed E-state index contributed by atoms with van der Waals surface area (Å²) in [6.07, 6.45) is 1.54. The molecular weight excluding hydrogens is 270 g/mol. The Hall–Kier alpha value is -1.44. The van der Waals surface area contributed by atoms with Crippen molar-refractivity contribution < 1.29 is 8.42 Å². The number of hydrogen-bond donors (Lipinski definition) is 2. The van der Waals surface area contributed by atoms with Crippen molar-refractivity contribution in [2.24, 2.45) is 0 Å². The van der Waals surface area contributed by atoms with Crippen LogP contribution in [-0.4, -0.2) is 20.4 Å². The number of nitrogens with one attached hydrogen (secondary N) is 2. The van der Waals surface area contributed by atoms with Gasteiger partial charge in [-0.3, -0.25) is 4.72 Å². The van der Waals surface area contributed by atoms with Crippen LogP contribution in [0.2, 0.25) is 0 Å². The first-order chi connectivity index (χ1) is 8.62.